The van der Waals surface area contributed by atoms with E-state index < -0.39 is 0 Å². The molecular formula is C27H33N5O3. The summed E-state index contributed by atoms with van der Waals surface area (Å²) in [5.74, 6) is 0.847. The van der Waals surface area contributed by atoms with Crippen molar-refractivity contribution in [3.05, 3.63) is 77.7 Å². The Bertz CT molecular complexity index is 1100. The molecule has 2 aliphatic rings. The molecule has 3 heterocycles. The average Bonchev–Trinajstić information content (AvgIpc) is 3.29. The van der Waals surface area contributed by atoms with Crippen LogP contribution in [0, 0.1) is 0 Å². The van der Waals surface area contributed by atoms with E-state index in [2.05, 4.69) is 62.0 Å². The van der Waals surface area contributed by atoms with Crippen LogP contribution in [-0.2, 0) is 29.0 Å². The Balaban J connectivity index is 1.11. The van der Waals surface area contributed by atoms with Gasteiger partial charge in [-0.3, -0.25) is 9.69 Å². The zero-order chi connectivity index (χ0) is 24.1. The molecular weight excluding hydrogens is 442 g/mol. The van der Waals surface area contributed by atoms with Crippen LogP contribution in [0.15, 0.2) is 65.2 Å². The minimum Gasteiger partial charge on any atom is -0.377 e. The van der Waals surface area contributed by atoms with Crippen LogP contribution >= 0.6 is 0 Å². The zero-order valence-corrected chi connectivity index (χ0v) is 20.2. The first-order chi connectivity index (χ1) is 17.1. The smallest absolute Gasteiger partial charge is 0.221 e. The fraction of sp³-hybridized carbons (Fsp3) is 0.407. The molecule has 2 aliphatic heterocycles. The number of piperazine rings is 1. The normalized spacial score (nSPS) is 17.7. The molecule has 8 nitrogen and oxygen atoms in total. The van der Waals surface area contributed by atoms with Gasteiger partial charge in [-0.05, 0) is 29.8 Å². The van der Waals surface area contributed by atoms with Crippen molar-refractivity contribution in [2.75, 3.05) is 49.6 Å². The molecule has 0 bridgehead atoms. The molecule has 2 aromatic carbocycles. The molecule has 2 saturated heterocycles. The van der Waals surface area contributed by atoms with Crippen molar-refractivity contribution in [1.82, 2.24) is 15.4 Å². The van der Waals surface area contributed by atoms with Gasteiger partial charge in [-0.2, -0.15) is 0 Å². The summed E-state index contributed by atoms with van der Waals surface area (Å²) in [4.78, 5) is 16.1. The van der Waals surface area contributed by atoms with Gasteiger partial charge in [0.05, 0.1) is 31.0 Å². The van der Waals surface area contributed by atoms with Gasteiger partial charge < -0.3 is 24.8 Å². The summed E-state index contributed by atoms with van der Waals surface area (Å²) >= 11 is 0. The van der Waals surface area contributed by atoms with Crippen molar-refractivity contribution in [3.8, 4) is 0 Å². The van der Waals surface area contributed by atoms with E-state index in [4.69, 9.17) is 9.26 Å². The highest BCUT2D eigenvalue weighted by Gasteiger charge is 2.39. The highest BCUT2D eigenvalue weighted by molar-refractivity contribution is 5.88. The molecule has 0 saturated carbocycles. The van der Waals surface area contributed by atoms with E-state index in [1.165, 1.54) is 12.6 Å². The summed E-state index contributed by atoms with van der Waals surface area (Å²) in [5, 5.41) is 10.8. The lowest BCUT2D eigenvalue weighted by molar-refractivity contribution is -0.114. The van der Waals surface area contributed by atoms with Crippen molar-refractivity contribution in [2.45, 2.75) is 32.0 Å². The number of carbonyl (C=O) groups is 1. The van der Waals surface area contributed by atoms with E-state index in [0.717, 1.165) is 68.4 Å². The van der Waals surface area contributed by atoms with Crippen LogP contribution in [-0.4, -0.2) is 60.9 Å². The standard InChI is InChI=1S/C27H33N5O3/c1-21(33)29-23-9-7-22(8-10-23)17-28-27(19-34-20-27)16-24-15-26(35-30-24)18-31-11-13-32(14-12-31)25-5-3-2-4-6-25/h2-10,15,28H,11-14,16-20H2,1H3,(H,29,33). The summed E-state index contributed by atoms with van der Waals surface area (Å²) in [6.45, 7) is 8.37. The SMILES string of the molecule is CC(=O)Nc1ccc(CNC2(Cc3cc(CN4CCN(c5ccccc5)CC4)on3)COC2)cc1. The second kappa shape index (κ2) is 10.6. The Labute approximate surface area is 206 Å². The topological polar surface area (TPSA) is 82.9 Å². The number of anilines is 2. The molecule has 0 atom stereocenters. The van der Waals surface area contributed by atoms with Gasteiger partial charge in [0.25, 0.3) is 0 Å². The van der Waals surface area contributed by atoms with Crippen LogP contribution in [0.1, 0.15) is 23.9 Å². The molecule has 35 heavy (non-hydrogen) atoms. The molecule has 5 rings (SSSR count). The van der Waals surface area contributed by atoms with E-state index in [1.54, 1.807) is 0 Å². The van der Waals surface area contributed by atoms with Crippen LogP contribution in [0.5, 0.6) is 0 Å². The number of ether oxygens (including phenoxy) is 1. The Morgan fingerprint density at radius 3 is 2.43 bits per heavy atom. The first-order valence-corrected chi connectivity index (χ1v) is 12.2. The number of aromatic nitrogens is 1. The second-order valence-corrected chi connectivity index (χ2v) is 9.56. The van der Waals surface area contributed by atoms with Crippen molar-refractivity contribution < 1.29 is 14.1 Å². The first-order valence-electron chi connectivity index (χ1n) is 12.2. The molecule has 0 unspecified atom stereocenters. The minimum absolute atomic E-state index is 0.0668. The van der Waals surface area contributed by atoms with Gasteiger partial charge in [-0.1, -0.05) is 35.5 Å². The van der Waals surface area contributed by atoms with Gasteiger partial charge in [0.2, 0.25) is 5.91 Å². The predicted molar refractivity (Wildman–Crippen MR) is 135 cm³/mol. The summed E-state index contributed by atoms with van der Waals surface area (Å²) < 4.78 is 11.2. The highest BCUT2D eigenvalue weighted by Crippen LogP contribution is 2.24. The van der Waals surface area contributed by atoms with Crippen LogP contribution in [0.2, 0.25) is 0 Å². The third-order valence-corrected chi connectivity index (χ3v) is 6.70. The summed E-state index contributed by atoms with van der Waals surface area (Å²) in [7, 11) is 0. The molecule has 0 spiro atoms. The zero-order valence-electron chi connectivity index (χ0n) is 20.2. The van der Waals surface area contributed by atoms with E-state index in [-0.39, 0.29) is 11.4 Å². The molecule has 0 aliphatic carbocycles. The average molecular weight is 476 g/mol. The van der Waals surface area contributed by atoms with E-state index >= 15 is 0 Å². The van der Waals surface area contributed by atoms with Gasteiger partial charge >= 0.3 is 0 Å². The van der Waals surface area contributed by atoms with Crippen LogP contribution in [0.25, 0.3) is 0 Å². The maximum atomic E-state index is 11.2. The number of nitrogens with zero attached hydrogens (tertiary/aromatic N) is 3. The fourth-order valence-corrected chi connectivity index (χ4v) is 4.70. The number of carbonyl (C=O) groups excluding carboxylic acids is 1. The van der Waals surface area contributed by atoms with Crippen molar-refractivity contribution >= 4 is 17.3 Å². The maximum Gasteiger partial charge on any atom is 0.221 e. The Morgan fingerprint density at radius 1 is 1.03 bits per heavy atom. The summed E-state index contributed by atoms with van der Waals surface area (Å²) in [5.41, 5.74) is 4.07. The molecule has 2 fully saturated rings. The maximum absolute atomic E-state index is 11.2. The van der Waals surface area contributed by atoms with Crippen molar-refractivity contribution in [2.24, 2.45) is 0 Å². The molecule has 184 valence electrons. The van der Waals surface area contributed by atoms with Crippen LogP contribution in [0.4, 0.5) is 11.4 Å². The molecule has 1 aromatic heterocycles. The largest absolute Gasteiger partial charge is 0.377 e. The van der Waals surface area contributed by atoms with Gasteiger partial charge in [0.15, 0.2) is 5.76 Å². The van der Waals surface area contributed by atoms with Gasteiger partial charge in [-0.25, -0.2) is 0 Å². The molecule has 3 aromatic rings. The number of para-hydroxylation sites is 1. The number of nitrogens with one attached hydrogen (secondary N) is 2. The van der Waals surface area contributed by atoms with Crippen molar-refractivity contribution in [1.29, 1.82) is 0 Å². The third-order valence-electron chi connectivity index (χ3n) is 6.70. The Kier molecular flexibility index (Phi) is 7.13. The fourth-order valence-electron chi connectivity index (χ4n) is 4.70. The van der Waals surface area contributed by atoms with Gasteiger partial charge in [-0.15, -0.1) is 0 Å². The van der Waals surface area contributed by atoms with E-state index in [1.807, 2.05) is 24.3 Å². The van der Waals surface area contributed by atoms with Crippen LogP contribution in [0.3, 0.4) is 0 Å². The minimum atomic E-state index is -0.133. The van der Waals surface area contributed by atoms with Crippen molar-refractivity contribution in [3.63, 3.8) is 0 Å². The number of hydrogen-bond donors (Lipinski definition) is 2. The summed E-state index contributed by atoms with van der Waals surface area (Å²) in [6.07, 6.45) is 0.766. The lowest BCUT2D eigenvalue weighted by Crippen LogP contribution is -2.61. The molecule has 1 amide bonds. The monoisotopic (exact) mass is 475 g/mol. The van der Waals surface area contributed by atoms with E-state index in [9.17, 15) is 4.79 Å². The summed E-state index contributed by atoms with van der Waals surface area (Å²) in [6, 6.07) is 20.6. The lowest BCUT2D eigenvalue weighted by atomic mass is 9.91. The number of benzene rings is 2. The number of hydrogen-bond acceptors (Lipinski definition) is 7. The molecule has 0 radical (unpaired) electrons. The number of rotatable bonds is 9. The van der Waals surface area contributed by atoms with E-state index in [0.29, 0.717) is 13.2 Å². The molecule has 2 N–H and O–H groups in total. The Hall–Kier alpha value is -3.20. The quantitative estimate of drug-likeness (QED) is 0.492. The lowest BCUT2D eigenvalue weighted by Gasteiger charge is -2.42. The third kappa shape index (κ3) is 6.08. The van der Waals surface area contributed by atoms with Gasteiger partial charge in [0, 0.05) is 63.5 Å². The molecule has 8 heteroatoms. The predicted octanol–water partition coefficient (Wildman–Crippen LogP) is 3.06. The second-order valence-electron chi connectivity index (χ2n) is 9.56. The number of amides is 1. The highest BCUT2D eigenvalue weighted by atomic mass is 16.5. The van der Waals surface area contributed by atoms with Crippen LogP contribution < -0.4 is 15.5 Å². The van der Waals surface area contributed by atoms with Gasteiger partial charge in [0.1, 0.15) is 0 Å². The first kappa shape index (κ1) is 23.5. The Morgan fingerprint density at radius 2 is 1.77 bits per heavy atom.